The molecule has 0 bridgehead atoms. The van der Waals surface area contributed by atoms with Gasteiger partial charge in [0.15, 0.2) is 0 Å². The van der Waals surface area contributed by atoms with Crippen LogP contribution in [0.25, 0.3) is 0 Å². The Morgan fingerprint density at radius 2 is 1.74 bits per heavy atom. The van der Waals surface area contributed by atoms with Gasteiger partial charge < -0.3 is 14.5 Å². The zero-order valence-corrected chi connectivity index (χ0v) is 14.5. The SMILES string of the molecule is COc1ccc(C)cc1C(=O)N1CCCN(C(=O)C(C)C)CC1. The van der Waals surface area contributed by atoms with Crippen LogP contribution in [0.5, 0.6) is 5.75 Å². The molecule has 5 heteroatoms. The van der Waals surface area contributed by atoms with Crippen molar-refractivity contribution in [1.82, 2.24) is 9.80 Å². The molecular formula is C18H26N2O3. The standard InChI is InChI=1S/C18H26N2O3/c1-13(2)17(21)19-8-5-9-20(11-10-19)18(22)15-12-14(3)6-7-16(15)23-4/h6-7,12-13H,5,8-11H2,1-4H3. The summed E-state index contributed by atoms with van der Waals surface area (Å²) >= 11 is 0. The highest BCUT2D eigenvalue weighted by atomic mass is 16.5. The van der Waals surface area contributed by atoms with Gasteiger partial charge in [-0.25, -0.2) is 0 Å². The number of ether oxygens (including phenoxy) is 1. The highest BCUT2D eigenvalue weighted by Crippen LogP contribution is 2.22. The van der Waals surface area contributed by atoms with Gasteiger partial charge in [0, 0.05) is 32.1 Å². The minimum absolute atomic E-state index is 0.00545. The number of nitrogens with zero attached hydrogens (tertiary/aromatic N) is 2. The molecule has 1 aliphatic heterocycles. The molecule has 0 N–H and O–H groups in total. The summed E-state index contributed by atoms with van der Waals surface area (Å²) in [4.78, 5) is 28.7. The Morgan fingerprint density at radius 1 is 1.09 bits per heavy atom. The molecule has 2 rings (SSSR count). The molecule has 1 heterocycles. The van der Waals surface area contributed by atoms with Crippen LogP contribution in [-0.2, 0) is 4.79 Å². The minimum Gasteiger partial charge on any atom is -0.496 e. The van der Waals surface area contributed by atoms with Crippen molar-refractivity contribution in [1.29, 1.82) is 0 Å². The molecule has 0 radical (unpaired) electrons. The summed E-state index contributed by atoms with van der Waals surface area (Å²) in [5, 5.41) is 0. The van der Waals surface area contributed by atoms with E-state index >= 15 is 0 Å². The first-order valence-corrected chi connectivity index (χ1v) is 8.16. The third kappa shape index (κ3) is 4.03. The summed E-state index contributed by atoms with van der Waals surface area (Å²) in [5.41, 5.74) is 1.62. The van der Waals surface area contributed by atoms with E-state index < -0.39 is 0 Å². The first-order valence-electron chi connectivity index (χ1n) is 8.16. The molecule has 0 unspecified atom stereocenters. The Morgan fingerprint density at radius 3 is 2.39 bits per heavy atom. The van der Waals surface area contributed by atoms with Crippen LogP contribution in [0.1, 0.15) is 36.2 Å². The summed E-state index contributed by atoms with van der Waals surface area (Å²) in [7, 11) is 1.58. The van der Waals surface area contributed by atoms with Gasteiger partial charge >= 0.3 is 0 Å². The van der Waals surface area contributed by atoms with Gasteiger partial charge in [-0.2, -0.15) is 0 Å². The molecular weight excluding hydrogens is 292 g/mol. The van der Waals surface area contributed by atoms with Crippen molar-refractivity contribution in [3.8, 4) is 5.75 Å². The Bertz CT molecular complexity index is 584. The summed E-state index contributed by atoms with van der Waals surface area (Å²) in [6, 6.07) is 5.62. The molecule has 0 aliphatic carbocycles. The van der Waals surface area contributed by atoms with Gasteiger partial charge in [-0.1, -0.05) is 25.5 Å². The Hall–Kier alpha value is -2.04. The zero-order chi connectivity index (χ0) is 17.0. The Balaban J connectivity index is 2.12. The molecule has 23 heavy (non-hydrogen) atoms. The molecule has 1 aromatic carbocycles. The molecule has 1 saturated heterocycles. The minimum atomic E-state index is -0.0237. The first-order chi connectivity index (χ1) is 10.9. The predicted octanol–water partition coefficient (Wildman–Crippen LogP) is 2.33. The van der Waals surface area contributed by atoms with E-state index in [9.17, 15) is 9.59 Å². The fraction of sp³-hybridized carbons (Fsp3) is 0.556. The highest BCUT2D eigenvalue weighted by Gasteiger charge is 2.25. The van der Waals surface area contributed by atoms with E-state index in [1.54, 1.807) is 7.11 Å². The van der Waals surface area contributed by atoms with E-state index in [2.05, 4.69) is 0 Å². The molecule has 2 amide bonds. The zero-order valence-electron chi connectivity index (χ0n) is 14.5. The van der Waals surface area contributed by atoms with Gasteiger partial charge in [-0.15, -0.1) is 0 Å². The summed E-state index contributed by atoms with van der Waals surface area (Å²) in [6.45, 7) is 8.32. The lowest BCUT2D eigenvalue weighted by Crippen LogP contribution is -2.39. The van der Waals surface area contributed by atoms with E-state index in [4.69, 9.17) is 4.74 Å². The van der Waals surface area contributed by atoms with Crippen molar-refractivity contribution in [2.45, 2.75) is 27.2 Å². The second-order valence-electron chi connectivity index (χ2n) is 6.33. The largest absolute Gasteiger partial charge is 0.496 e. The quantitative estimate of drug-likeness (QED) is 0.859. The molecule has 126 valence electrons. The lowest BCUT2D eigenvalue weighted by atomic mass is 10.1. The van der Waals surface area contributed by atoms with E-state index in [-0.39, 0.29) is 17.7 Å². The lowest BCUT2D eigenvalue weighted by Gasteiger charge is -2.24. The van der Waals surface area contributed by atoms with Crippen molar-refractivity contribution in [3.63, 3.8) is 0 Å². The molecule has 1 aromatic rings. The van der Waals surface area contributed by atoms with E-state index in [0.29, 0.717) is 37.5 Å². The highest BCUT2D eigenvalue weighted by molar-refractivity contribution is 5.97. The number of rotatable bonds is 3. The van der Waals surface area contributed by atoms with Gasteiger partial charge in [-0.05, 0) is 25.5 Å². The number of benzene rings is 1. The maximum absolute atomic E-state index is 12.8. The molecule has 1 fully saturated rings. The third-order valence-corrected chi connectivity index (χ3v) is 4.17. The van der Waals surface area contributed by atoms with Crippen molar-refractivity contribution in [2.75, 3.05) is 33.3 Å². The number of carbonyl (C=O) groups is 2. The maximum atomic E-state index is 12.8. The molecule has 0 atom stereocenters. The summed E-state index contributed by atoms with van der Waals surface area (Å²) in [5.74, 6) is 0.728. The van der Waals surface area contributed by atoms with Crippen LogP contribution in [0.2, 0.25) is 0 Å². The van der Waals surface area contributed by atoms with Crippen LogP contribution < -0.4 is 4.74 Å². The van der Waals surface area contributed by atoms with Gasteiger partial charge in [0.25, 0.3) is 5.91 Å². The first kappa shape index (κ1) is 17.3. The van der Waals surface area contributed by atoms with Gasteiger partial charge in [0.2, 0.25) is 5.91 Å². The lowest BCUT2D eigenvalue weighted by molar-refractivity contribution is -0.134. The third-order valence-electron chi connectivity index (χ3n) is 4.17. The van der Waals surface area contributed by atoms with Gasteiger partial charge in [0.1, 0.15) is 5.75 Å². The van der Waals surface area contributed by atoms with Crippen LogP contribution in [0.4, 0.5) is 0 Å². The molecule has 1 aliphatic rings. The molecule has 0 aromatic heterocycles. The van der Waals surface area contributed by atoms with Crippen molar-refractivity contribution >= 4 is 11.8 Å². The molecule has 0 saturated carbocycles. The number of hydrogen-bond donors (Lipinski definition) is 0. The fourth-order valence-electron chi connectivity index (χ4n) is 2.87. The Labute approximate surface area is 138 Å². The van der Waals surface area contributed by atoms with Crippen LogP contribution in [0, 0.1) is 12.8 Å². The van der Waals surface area contributed by atoms with Gasteiger partial charge in [0.05, 0.1) is 12.7 Å². The summed E-state index contributed by atoms with van der Waals surface area (Å²) < 4.78 is 5.32. The number of aryl methyl sites for hydroxylation is 1. The summed E-state index contributed by atoms with van der Waals surface area (Å²) in [6.07, 6.45) is 0.804. The molecule has 5 nitrogen and oxygen atoms in total. The Kier molecular flexibility index (Phi) is 5.64. The van der Waals surface area contributed by atoms with Crippen LogP contribution in [0.15, 0.2) is 18.2 Å². The normalized spacial score (nSPS) is 15.5. The second kappa shape index (κ2) is 7.49. The second-order valence-corrected chi connectivity index (χ2v) is 6.33. The van der Waals surface area contributed by atoms with E-state index in [0.717, 1.165) is 12.0 Å². The fourth-order valence-corrected chi connectivity index (χ4v) is 2.87. The van der Waals surface area contributed by atoms with Crippen molar-refractivity contribution in [3.05, 3.63) is 29.3 Å². The van der Waals surface area contributed by atoms with Crippen molar-refractivity contribution < 1.29 is 14.3 Å². The number of methoxy groups -OCH3 is 1. The average Bonchev–Trinajstić information content (AvgIpc) is 2.79. The van der Waals surface area contributed by atoms with Crippen molar-refractivity contribution in [2.24, 2.45) is 5.92 Å². The van der Waals surface area contributed by atoms with Crippen LogP contribution >= 0.6 is 0 Å². The number of carbonyl (C=O) groups excluding carboxylic acids is 2. The number of amides is 2. The molecule has 0 spiro atoms. The monoisotopic (exact) mass is 318 g/mol. The van der Waals surface area contributed by atoms with Gasteiger partial charge in [-0.3, -0.25) is 9.59 Å². The van der Waals surface area contributed by atoms with Crippen LogP contribution in [0.3, 0.4) is 0 Å². The predicted molar refractivity (Wildman–Crippen MR) is 89.7 cm³/mol. The van der Waals surface area contributed by atoms with E-state index in [1.807, 2.05) is 48.8 Å². The van der Waals surface area contributed by atoms with E-state index in [1.165, 1.54) is 0 Å². The number of hydrogen-bond acceptors (Lipinski definition) is 3. The maximum Gasteiger partial charge on any atom is 0.257 e. The van der Waals surface area contributed by atoms with Crippen LogP contribution in [-0.4, -0.2) is 54.9 Å². The average molecular weight is 318 g/mol. The smallest absolute Gasteiger partial charge is 0.257 e. The topological polar surface area (TPSA) is 49.9 Å².